The Bertz CT molecular complexity index is 1040. The number of alkyl halides is 3. The lowest BCUT2D eigenvalue weighted by Crippen LogP contribution is -2.50. The van der Waals surface area contributed by atoms with E-state index >= 15 is 0 Å². The van der Waals surface area contributed by atoms with Gasteiger partial charge in [-0.2, -0.15) is 13.2 Å². The fraction of sp³-hybridized carbons (Fsp3) is 0.417. The highest BCUT2D eigenvalue weighted by molar-refractivity contribution is 6.30. The summed E-state index contributed by atoms with van der Waals surface area (Å²) >= 11 is 6.03. The second-order valence-corrected chi connectivity index (χ2v) is 9.12. The molecule has 5 nitrogen and oxygen atoms in total. The molecule has 2 atom stereocenters. The maximum Gasteiger partial charge on any atom is 0.416 e. The standard InChI is InChI=1S/C24H25ClF3N3O2/c1-29-8-10-30(11-9-29)23(33)21-15-31(22(32)17-5-3-7-19(25)13-17)14-20(21)16-4-2-6-18(12-16)24(26,27)28/h2-7,12-13,20-21H,8-11,14-15H2,1H3/t20-,21+/m1/s1. The highest BCUT2D eigenvalue weighted by Crippen LogP contribution is 2.38. The summed E-state index contributed by atoms with van der Waals surface area (Å²) in [5.41, 5.74) is 0.0436. The van der Waals surface area contributed by atoms with Gasteiger partial charge in [-0.1, -0.05) is 35.9 Å². The molecule has 0 N–H and O–H groups in total. The van der Waals surface area contributed by atoms with Crippen molar-refractivity contribution in [3.05, 3.63) is 70.2 Å². The second kappa shape index (κ2) is 9.35. The Hall–Kier alpha value is -2.58. The smallest absolute Gasteiger partial charge is 0.340 e. The first-order chi connectivity index (χ1) is 15.6. The van der Waals surface area contributed by atoms with E-state index < -0.39 is 23.6 Å². The summed E-state index contributed by atoms with van der Waals surface area (Å²) in [5, 5.41) is 0.416. The van der Waals surface area contributed by atoms with Crippen molar-refractivity contribution in [2.45, 2.75) is 12.1 Å². The van der Waals surface area contributed by atoms with Gasteiger partial charge in [0.1, 0.15) is 0 Å². The number of likely N-dealkylation sites (tertiary alicyclic amines) is 1. The van der Waals surface area contributed by atoms with Gasteiger partial charge >= 0.3 is 6.18 Å². The van der Waals surface area contributed by atoms with Gasteiger partial charge in [-0.05, 0) is 36.9 Å². The summed E-state index contributed by atoms with van der Waals surface area (Å²) in [6.45, 7) is 2.90. The summed E-state index contributed by atoms with van der Waals surface area (Å²) in [4.78, 5) is 32.0. The molecule has 2 fully saturated rings. The Morgan fingerprint density at radius 3 is 2.30 bits per heavy atom. The van der Waals surface area contributed by atoms with Crippen molar-refractivity contribution in [3.63, 3.8) is 0 Å². The molecule has 2 aromatic rings. The Morgan fingerprint density at radius 1 is 0.939 bits per heavy atom. The van der Waals surface area contributed by atoms with Crippen molar-refractivity contribution in [3.8, 4) is 0 Å². The number of carbonyl (C=O) groups is 2. The second-order valence-electron chi connectivity index (χ2n) is 8.69. The van der Waals surface area contributed by atoms with Gasteiger partial charge in [0.05, 0.1) is 11.5 Å². The number of benzene rings is 2. The van der Waals surface area contributed by atoms with Crippen LogP contribution in [0.15, 0.2) is 48.5 Å². The largest absolute Gasteiger partial charge is 0.416 e. The molecule has 0 spiro atoms. The molecule has 0 radical (unpaired) electrons. The van der Waals surface area contributed by atoms with E-state index in [0.717, 1.165) is 25.2 Å². The molecule has 2 aliphatic rings. The number of amides is 2. The van der Waals surface area contributed by atoms with Crippen molar-refractivity contribution in [2.24, 2.45) is 5.92 Å². The van der Waals surface area contributed by atoms with Crippen LogP contribution in [0, 0.1) is 5.92 Å². The van der Waals surface area contributed by atoms with E-state index in [-0.39, 0.29) is 24.9 Å². The van der Waals surface area contributed by atoms with E-state index in [2.05, 4.69) is 4.90 Å². The third-order valence-corrected chi connectivity index (χ3v) is 6.69. The zero-order valence-electron chi connectivity index (χ0n) is 18.2. The summed E-state index contributed by atoms with van der Waals surface area (Å²) in [6.07, 6.45) is -4.48. The van der Waals surface area contributed by atoms with E-state index in [1.807, 2.05) is 7.05 Å². The predicted molar refractivity (Wildman–Crippen MR) is 119 cm³/mol. The van der Waals surface area contributed by atoms with E-state index in [1.165, 1.54) is 6.07 Å². The minimum atomic E-state index is -4.48. The Labute approximate surface area is 195 Å². The van der Waals surface area contributed by atoms with Gasteiger partial charge in [-0.25, -0.2) is 0 Å². The quantitative estimate of drug-likeness (QED) is 0.668. The van der Waals surface area contributed by atoms with Crippen molar-refractivity contribution in [1.82, 2.24) is 14.7 Å². The minimum Gasteiger partial charge on any atom is -0.340 e. The van der Waals surface area contributed by atoms with Gasteiger partial charge < -0.3 is 14.7 Å². The predicted octanol–water partition coefficient (Wildman–Crippen LogP) is 3.99. The molecule has 176 valence electrons. The van der Waals surface area contributed by atoms with Crippen LogP contribution in [-0.2, 0) is 11.0 Å². The van der Waals surface area contributed by atoms with Crippen LogP contribution < -0.4 is 0 Å². The first kappa shape index (κ1) is 23.6. The molecule has 2 aromatic carbocycles. The normalized spacial score (nSPS) is 22.0. The van der Waals surface area contributed by atoms with E-state index in [0.29, 0.717) is 29.2 Å². The third-order valence-electron chi connectivity index (χ3n) is 6.45. The van der Waals surface area contributed by atoms with Crippen molar-refractivity contribution in [2.75, 3.05) is 46.3 Å². The van der Waals surface area contributed by atoms with Crippen LogP contribution in [-0.4, -0.2) is 72.8 Å². The minimum absolute atomic E-state index is 0.119. The van der Waals surface area contributed by atoms with Crippen LogP contribution in [0.4, 0.5) is 13.2 Å². The van der Waals surface area contributed by atoms with Crippen molar-refractivity contribution in [1.29, 1.82) is 0 Å². The van der Waals surface area contributed by atoms with Gasteiger partial charge in [0.15, 0.2) is 0 Å². The van der Waals surface area contributed by atoms with E-state index in [1.54, 1.807) is 40.1 Å². The summed E-state index contributed by atoms with van der Waals surface area (Å²) < 4.78 is 40.0. The van der Waals surface area contributed by atoms with Gasteiger partial charge in [0.25, 0.3) is 5.91 Å². The van der Waals surface area contributed by atoms with E-state index in [4.69, 9.17) is 11.6 Å². The molecular weight excluding hydrogens is 455 g/mol. The average Bonchev–Trinajstić information content (AvgIpc) is 3.23. The zero-order chi connectivity index (χ0) is 23.8. The first-order valence-corrected chi connectivity index (χ1v) is 11.2. The maximum atomic E-state index is 13.5. The highest BCUT2D eigenvalue weighted by Gasteiger charge is 2.43. The van der Waals surface area contributed by atoms with Crippen molar-refractivity contribution >= 4 is 23.4 Å². The molecule has 0 unspecified atom stereocenters. The molecular formula is C24H25ClF3N3O2. The summed E-state index contributed by atoms with van der Waals surface area (Å²) in [7, 11) is 1.98. The molecule has 2 aliphatic heterocycles. The molecule has 2 saturated heterocycles. The van der Waals surface area contributed by atoms with Crippen molar-refractivity contribution < 1.29 is 22.8 Å². The Morgan fingerprint density at radius 2 is 1.64 bits per heavy atom. The molecule has 4 rings (SSSR count). The zero-order valence-corrected chi connectivity index (χ0v) is 18.9. The lowest BCUT2D eigenvalue weighted by molar-refractivity contribution is -0.137. The van der Waals surface area contributed by atoms with Gasteiger partial charge in [0.2, 0.25) is 5.91 Å². The van der Waals surface area contributed by atoms with Gasteiger partial charge in [-0.15, -0.1) is 0 Å². The summed E-state index contributed by atoms with van der Waals surface area (Å²) in [5.74, 6) is -1.54. The molecule has 2 amide bonds. The maximum absolute atomic E-state index is 13.5. The van der Waals surface area contributed by atoms with E-state index in [9.17, 15) is 22.8 Å². The number of piperazine rings is 1. The number of carbonyl (C=O) groups excluding carboxylic acids is 2. The van der Waals surface area contributed by atoms with Crippen LogP contribution in [0.25, 0.3) is 0 Å². The number of likely N-dealkylation sites (N-methyl/N-ethyl adjacent to an activating group) is 1. The molecule has 0 aliphatic carbocycles. The topological polar surface area (TPSA) is 43.9 Å². The monoisotopic (exact) mass is 479 g/mol. The third kappa shape index (κ3) is 5.17. The molecule has 9 heteroatoms. The van der Waals surface area contributed by atoms with Crippen LogP contribution in [0.5, 0.6) is 0 Å². The summed E-state index contributed by atoms with van der Waals surface area (Å²) in [6, 6.07) is 11.6. The number of nitrogens with zero attached hydrogens (tertiary/aromatic N) is 3. The molecule has 33 heavy (non-hydrogen) atoms. The SMILES string of the molecule is CN1CCN(C(=O)[C@H]2CN(C(=O)c3cccc(Cl)c3)C[C@@H]2c2cccc(C(F)(F)F)c2)CC1. The van der Waals surface area contributed by atoms with Gasteiger partial charge in [-0.3, -0.25) is 9.59 Å². The first-order valence-electron chi connectivity index (χ1n) is 10.8. The van der Waals surface area contributed by atoms with Crippen LogP contribution in [0.3, 0.4) is 0 Å². The van der Waals surface area contributed by atoms with Gasteiger partial charge in [0, 0.05) is 55.8 Å². The fourth-order valence-electron chi connectivity index (χ4n) is 4.57. The van der Waals surface area contributed by atoms with Crippen LogP contribution in [0.2, 0.25) is 5.02 Å². The molecule has 2 heterocycles. The van der Waals surface area contributed by atoms with Crippen LogP contribution >= 0.6 is 11.6 Å². The number of halogens is 4. The number of rotatable bonds is 3. The molecule has 0 saturated carbocycles. The number of hydrogen-bond donors (Lipinski definition) is 0. The molecule has 0 aromatic heterocycles. The fourth-order valence-corrected chi connectivity index (χ4v) is 4.76. The lowest BCUT2D eigenvalue weighted by atomic mass is 9.87. The number of hydrogen-bond acceptors (Lipinski definition) is 3. The Balaban J connectivity index is 1.64. The lowest BCUT2D eigenvalue weighted by Gasteiger charge is -2.35. The molecule has 0 bridgehead atoms. The Kier molecular flexibility index (Phi) is 6.68. The highest BCUT2D eigenvalue weighted by atomic mass is 35.5. The average molecular weight is 480 g/mol. The van der Waals surface area contributed by atoms with Crippen LogP contribution in [0.1, 0.15) is 27.4 Å².